The topological polar surface area (TPSA) is 40.5 Å². The first-order valence-electron chi connectivity index (χ1n) is 2.19. The van der Waals surface area contributed by atoms with Crippen molar-refractivity contribution in [2.24, 2.45) is 0 Å². The summed E-state index contributed by atoms with van der Waals surface area (Å²) in [7, 11) is -1.30. The molecule has 0 amide bonds. The molecule has 1 aromatic rings. The van der Waals surface area contributed by atoms with Crippen LogP contribution in [0, 0.1) is 0 Å². The van der Waals surface area contributed by atoms with E-state index in [0.717, 1.165) is 0 Å². The van der Waals surface area contributed by atoms with Gasteiger partial charge in [-0.05, 0) is 16.2 Å². The van der Waals surface area contributed by atoms with E-state index in [1.807, 2.05) is 0 Å². The molecule has 0 radical (unpaired) electrons. The van der Waals surface area contributed by atoms with Crippen LogP contribution in [0.5, 0.6) is 0 Å². The molecule has 0 fully saturated rings. The summed E-state index contributed by atoms with van der Waals surface area (Å²) in [6.45, 7) is 0. The zero-order chi connectivity index (χ0) is 5.98. The van der Waals surface area contributed by atoms with Gasteiger partial charge in [-0.25, -0.2) is 0 Å². The van der Waals surface area contributed by atoms with Crippen LogP contribution in [-0.2, 0) is 0 Å². The molecule has 0 unspecified atom stereocenters. The quantitative estimate of drug-likeness (QED) is 0.505. The smallest absolute Gasteiger partial charge is 1.00 e. The molecule has 2 N–H and O–H groups in total. The molecule has 1 rings (SSSR count). The minimum absolute atomic E-state index is 0. The predicted molar refractivity (Wildman–Crippen MR) is 45.7 cm³/mol. The first-order valence-corrected chi connectivity index (χ1v) is 3.13. The summed E-state index contributed by atoms with van der Waals surface area (Å²) in [4.78, 5) is 0. The summed E-state index contributed by atoms with van der Waals surface area (Å²) < 4.78 is 0. The van der Waals surface area contributed by atoms with Crippen molar-refractivity contribution in [2.75, 3.05) is 0 Å². The van der Waals surface area contributed by atoms with Crippen LogP contribution in [0.2, 0.25) is 0 Å². The maximum absolute atomic E-state index is 8.47. The summed E-state index contributed by atoms with van der Waals surface area (Å²) in [5.74, 6) is 0. The Morgan fingerprint density at radius 1 is 1.00 bits per heavy atom. The van der Waals surface area contributed by atoms with Crippen molar-refractivity contribution in [1.29, 1.82) is 0 Å². The zero-order valence-electron chi connectivity index (χ0n) is 7.04. The molecular formula is C4H5BCl4Mg2O2S. The standard InChI is InChI=1S/C4H5BO2S.4ClH.2Mg/c6-5(7)4-1-2-8-3-4;;;;;;/h1-3,6-7H;4*1H;;/q;;;;;2*+2/p-4. The van der Waals surface area contributed by atoms with Gasteiger partial charge in [0.15, 0.2) is 0 Å². The van der Waals surface area contributed by atoms with E-state index in [9.17, 15) is 0 Å². The Morgan fingerprint density at radius 3 is 1.57 bits per heavy atom. The Balaban J connectivity index is -0.0000000267. The second-order valence-corrected chi connectivity index (χ2v) is 2.21. The van der Waals surface area contributed by atoms with Gasteiger partial charge in [0.2, 0.25) is 0 Å². The van der Waals surface area contributed by atoms with Gasteiger partial charge >= 0.3 is 53.2 Å². The van der Waals surface area contributed by atoms with Crippen LogP contribution in [-0.4, -0.2) is 63.3 Å². The fourth-order valence-corrected chi connectivity index (χ4v) is 1.09. The van der Waals surface area contributed by atoms with Crippen LogP contribution in [0.1, 0.15) is 0 Å². The van der Waals surface area contributed by atoms with E-state index < -0.39 is 7.12 Å². The summed E-state index contributed by atoms with van der Waals surface area (Å²) in [5, 5.41) is 20.4. The normalized spacial score (nSPS) is 5.29. The molecule has 10 heteroatoms. The molecule has 0 aromatic carbocycles. The molecular weight excluding hydrogens is 313 g/mol. The maximum Gasteiger partial charge on any atom is 2.00 e. The second-order valence-electron chi connectivity index (χ2n) is 1.43. The monoisotopic (exact) mass is 316 g/mol. The molecule has 0 aliphatic carbocycles. The SMILES string of the molecule is OB(O)c1ccsc1.[Cl-].[Cl-].[Cl-].[Cl-].[Mg+2].[Mg+2]. The van der Waals surface area contributed by atoms with Gasteiger partial charge in [0, 0.05) is 0 Å². The van der Waals surface area contributed by atoms with E-state index >= 15 is 0 Å². The fourth-order valence-electron chi connectivity index (χ4n) is 0.422. The Morgan fingerprint density at radius 2 is 1.43 bits per heavy atom. The molecule has 14 heavy (non-hydrogen) atoms. The zero-order valence-corrected chi connectivity index (χ0v) is 13.7. The van der Waals surface area contributed by atoms with Gasteiger partial charge in [0.1, 0.15) is 0 Å². The van der Waals surface area contributed by atoms with Crippen molar-refractivity contribution in [3.8, 4) is 0 Å². The van der Waals surface area contributed by atoms with Crippen LogP contribution >= 0.6 is 11.3 Å². The molecule has 1 aromatic heterocycles. The third-order valence-corrected chi connectivity index (χ3v) is 1.54. The molecule has 0 bridgehead atoms. The van der Waals surface area contributed by atoms with Gasteiger partial charge in [0.25, 0.3) is 0 Å². The number of thiophene rings is 1. The molecule has 0 saturated heterocycles. The molecule has 74 valence electrons. The molecule has 0 atom stereocenters. The number of hydrogen-bond donors (Lipinski definition) is 2. The van der Waals surface area contributed by atoms with Crippen molar-refractivity contribution >= 4 is 70.0 Å². The molecule has 0 aliphatic heterocycles. The first-order chi connectivity index (χ1) is 3.80. The molecule has 0 aliphatic rings. The minimum atomic E-state index is -1.30. The van der Waals surface area contributed by atoms with E-state index in [-0.39, 0.29) is 95.7 Å². The predicted octanol–water partition coefficient (Wildman–Crippen LogP) is -13.3. The van der Waals surface area contributed by atoms with E-state index in [4.69, 9.17) is 10.0 Å². The van der Waals surface area contributed by atoms with Crippen LogP contribution in [0.3, 0.4) is 0 Å². The number of halogens is 4. The van der Waals surface area contributed by atoms with Gasteiger partial charge in [-0.15, -0.1) is 0 Å². The number of rotatable bonds is 1. The summed E-state index contributed by atoms with van der Waals surface area (Å²) >= 11 is 1.45. The van der Waals surface area contributed by atoms with Crippen LogP contribution in [0.25, 0.3) is 0 Å². The third kappa shape index (κ3) is 14.4. The molecule has 0 spiro atoms. The van der Waals surface area contributed by atoms with Crippen molar-refractivity contribution in [1.82, 2.24) is 0 Å². The molecule has 1 heterocycles. The largest absolute Gasteiger partial charge is 2.00 e. The molecule has 0 saturated carbocycles. The van der Waals surface area contributed by atoms with Gasteiger partial charge in [-0.2, -0.15) is 11.3 Å². The van der Waals surface area contributed by atoms with E-state index in [1.165, 1.54) is 11.3 Å². The Bertz CT molecular complexity index is 168. The van der Waals surface area contributed by atoms with Crippen molar-refractivity contribution in [3.05, 3.63) is 16.8 Å². The van der Waals surface area contributed by atoms with Crippen molar-refractivity contribution in [2.45, 2.75) is 0 Å². The van der Waals surface area contributed by atoms with Crippen molar-refractivity contribution in [3.63, 3.8) is 0 Å². The second kappa shape index (κ2) is 20.7. The summed E-state index contributed by atoms with van der Waals surface area (Å²) in [5.41, 5.74) is 0.565. The third-order valence-electron chi connectivity index (χ3n) is 0.841. The first kappa shape index (κ1) is 36.0. The van der Waals surface area contributed by atoms with E-state index in [1.54, 1.807) is 16.8 Å². The van der Waals surface area contributed by atoms with Gasteiger partial charge in [-0.1, -0.05) is 6.07 Å². The maximum atomic E-state index is 8.47. The van der Waals surface area contributed by atoms with Crippen LogP contribution in [0.4, 0.5) is 0 Å². The van der Waals surface area contributed by atoms with Gasteiger partial charge < -0.3 is 59.7 Å². The van der Waals surface area contributed by atoms with Gasteiger partial charge in [0.05, 0.1) is 0 Å². The average molecular weight is 318 g/mol. The Labute approximate surface area is 145 Å². The Kier molecular flexibility index (Phi) is 53.3. The molecule has 2 nitrogen and oxygen atoms in total. The van der Waals surface area contributed by atoms with Gasteiger partial charge in [-0.3, -0.25) is 0 Å². The van der Waals surface area contributed by atoms with Crippen LogP contribution < -0.4 is 55.1 Å². The van der Waals surface area contributed by atoms with E-state index in [0.29, 0.717) is 5.46 Å². The average Bonchev–Trinajstić information content (AvgIpc) is 2.12. The van der Waals surface area contributed by atoms with Crippen molar-refractivity contribution < 1.29 is 59.7 Å². The minimum Gasteiger partial charge on any atom is -1.00 e. The Hall–Kier alpha value is 2.38. The number of hydrogen-bond acceptors (Lipinski definition) is 3. The van der Waals surface area contributed by atoms with Crippen LogP contribution in [0.15, 0.2) is 16.8 Å². The fraction of sp³-hybridized carbons (Fsp3) is 0. The summed E-state index contributed by atoms with van der Waals surface area (Å²) in [6.07, 6.45) is 0. The summed E-state index contributed by atoms with van der Waals surface area (Å²) in [6, 6.07) is 1.68. The van der Waals surface area contributed by atoms with E-state index in [2.05, 4.69) is 0 Å².